The van der Waals surface area contributed by atoms with Crippen LogP contribution >= 0.6 is 0 Å². The first kappa shape index (κ1) is 19.2. The predicted molar refractivity (Wildman–Crippen MR) is 108 cm³/mol. The summed E-state index contributed by atoms with van der Waals surface area (Å²) in [6, 6.07) is 9.26. The van der Waals surface area contributed by atoms with Crippen LogP contribution in [0.2, 0.25) is 0 Å². The van der Waals surface area contributed by atoms with Gasteiger partial charge in [0.2, 0.25) is 5.78 Å². The molecule has 27 heavy (non-hydrogen) atoms. The summed E-state index contributed by atoms with van der Waals surface area (Å²) in [4.78, 5) is 26.4. The van der Waals surface area contributed by atoms with Crippen molar-refractivity contribution in [3.63, 3.8) is 0 Å². The van der Waals surface area contributed by atoms with Crippen molar-refractivity contribution in [2.75, 3.05) is 0 Å². The maximum Gasteiger partial charge on any atom is 0.419 e. The maximum absolute atomic E-state index is 13.5. The molecule has 4 nitrogen and oxygen atoms in total. The van der Waals surface area contributed by atoms with Crippen molar-refractivity contribution < 1.29 is 14.3 Å². The van der Waals surface area contributed by atoms with Crippen LogP contribution in [-0.2, 0) is 4.74 Å². The molecule has 2 aromatic rings. The molecule has 3 rings (SSSR count). The van der Waals surface area contributed by atoms with Crippen molar-refractivity contribution in [1.82, 2.24) is 4.57 Å². The normalized spacial score (nSPS) is 16.7. The number of benzene rings is 1. The highest BCUT2D eigenvalue weighted by Gasteiger charge is 2.34. The first-order valence-corrected chi connectivity index (χ1v) is 9.26. The average molecular weight is 365 g/mol. The third kappa shape index (κ3) is 3.75. The first-order valence-electron chi connectivity index (χ1n) is 9.26. The van der Waals surface area contributed by atoms with Crippen LogP contribution in [0.15, 0.2) is 53.6 Å². The van der Waals surface area contributed by atoms with E-state index in [1.54, 1.807) is 6.07 Å². The van der Waals surface area contributed by atoms with Gasteiger partial charge in [-0.05, 0) is 51.7 Å². The molecular weight excluding hydrogens is 338 g/mol. The van der Waals surface area contributed by atoms with Crippen molar-refractivity contribution in [3.8, 4) is 0 Å². The number of para-hydroxylation sites is 1. The molecule has 4 heteroatoms. The van der Waals surface area contributed by atoms with Gasteiger partial charge in [0.1, 0.15) is 11.3 Å². The molecule has 0 fully saturated rings. The molecule has 0 N–H and O–H groups in total. The van der Waals surface area contributed by atoms with E-state index in [-0.39, 0.29) is 11.2 Å². The van der Waals surface area contributed by atoms with Crippen LogP contribution in [0.4, 0.5) is 4.79 Å². The van der Waals surface area contributed by atoms with Gasteiger partial charge in [0.15, 0.2) is 0 Å². The van der Waals surface area contributed by atoms with Crippen molar-refractivity contribution in [3.05, 3.63) is 59.3 Å². The summed E-state index contributed by atoms with van der Waals surface area (Å²) in [7, 11) is 0. The smallest absolute Gasteiger partial charge is 0.419 e. The highest BCUT2D eigenvalue weighted by atomic mass is 16.6. The third-order valence-electron chi connectivity index (χ3n) is 4.75. The van der Waals surface area contributed by atoms with E-state index in [4.69, 9.17) is 4.74 Å². The predicted octanol–water partition coefficient (Wildman–Crippen LogP) is 5.91. The zero-order valence-corrected chi connectivity index (χ0v) is 16.9. The lowest BCUT2D eigenvalue weighted by molar-refractivity contribution is 0.0536. The zero-order valence-electron chi connectivity index (χ0n) is 16.9. The Balaban J connectivity index is 2.16. The van der Waals surface area contributed by atoms with Crippen LogP contribution in [0, 0.1) is 5.41 Å². The number of carbonyl (C=O) groups is 2. The summed E-state index contributed by atoms with van der Waals surface area (Å²) in [5.74, 6) is -0.134. The third-order valence-corrected chi connectivity index (χ3v) is 4.75. The summed E-state index contributed by atoms with van der Waals surface area (Å²) in [5, 5.41) is 0.840. The molecule has 0 bridgehead atoms. The largest absolute Gasteiger partial charge is 0.443 e. The fourth-order valence-electron chi connectivity index (χ4n) is 3.65. The highest BCUT2D eigenvalue weighted by molar-refractivity contribution is 6.13. The van der Waals surface area contributed by atoms with Crippen molar-refractivity contribution in [2.45, 2.75) is 53.6 Å². The van der Waals surface area contributed by atoms with Gasteiger partial charge in [0.05, 0.1) is 5.52 Å². The number of hydrogen-bond acceptors (Lipinski definition) is 3. The Morgan fingerprint density at radius 3 is 2.41 bits per heavy atom. The molecule has 142 valence electrons. The molecule has 0 unspecified atom stereocenters. The van der Waals surface area contributed by atoms with Crippen molar-refractivity contribution in [1.29, 1.82) is 0 Å². The molecule has 1 aliphatic carbocycles. The van der Waals surface area contributed by atoms with E-state index in [0.29, 0.717) is 16.8 Å². The fraction of sp³-hybridized carbons (Fsp3) is 0.391. The van der Waals surface area contributed by atoms with Gasteiger partial charge in [-0.25, -0.2) is 9.36 Å². The Morgan fingerprint density at radius 1 is 1.11 bits per heavy atom. The summed E-state index contributed by atoms with van der Waals surface area (Å²) in [5.41, 5.74) is 2.04. The molecule has 0 saturated heterocycles. The van der Waals surface area contributed by atoms with E-state index in [1.807, 2.05) is 57.2 Å². The Hall–Kier alpha value is -2.62. The molecular formula is C23H27NO3. The lowest BCUT2D eigenvalue weighted by Crippen LogP contribution is -2.30. The quantitative estimate of drug-likeness (QED) is 0.622. The van der Waals surface area contributed by atoms with Crippen LogP contribution in [0.3, 0.4) is 0 Å². The van der Waals surface area contributed by atoms with Crippen molar-refractivity contribution in [2.24, 2.45) is 5.41 Å². The minimum atomic E-state index is -0.647. The number of ether oxygens (including phenoxy) is 1. The van der Waals surface area contributed by atoms with Gasteiger partial charge in [-0.2, -0.15) is 0 Å². The number of carbonyl (C=O) groups excluding carboxylic acids is 2. The summed E-state index contributed by atoms with van der Waals surface area (Å²) >= 11 is 0. The van der Waals surface area contributed by atoms with Gasteiger partial charge in [-0.3, -0.25) is 4.79 Å². The summed E-state index contributed by atoms with van der Waals surface area (Å²) in [6.45, 7) is 11.6. The monoisotopic (exact) mass is 365 g/mol. The van der Waals surface area contributed by atoms with Gasteiger partial charge >= 0.3 is 6.09 Å². The van der Waals surface area contributed by atoms with Gasteiger partial charge in [0.25, 0.3) is 0 Å². The standard InChI is InChI=1S/C23H27NO3/c1-15-11-12-17(23(5,6)14-15)20(25)19-13-16-9-7-8-10-18(16)24(19)21(26)27-22(2,3)4/h7-13H,14H2,1-6H3. The average Bonchev–Trinajstić information content (AvgIpc) is 2.91. The minimum Gasteiger partial charge on any atom is -0.443 e. The van der Waals surface area contributed by atoms with Gasteiger partial charge in [0, 0.05) is 11.0 Å². The number of allylic oxidation sites excluding steroid dienone is 4. The number of Topliss-reactive ketones (excluding diaryl/α,β-unsaturated/α-hetero) is 1. The fourth-order valence-corrected chi connectivity index (χ4v) is 3.65. The van der Waals surface area contributed by atoms with Gasteiger partial charge in [-0.1, -0.05) is 49.8 Å². The second-order valence-electron chi connectivity index (χ2n) is 8.89. The first-order chi connectivity index (χ1) is 12.5. The molecule has 0 radical (unpaired) electrons. The Kier molecular flexibility index (Phi) is 4.62. The Morgan fingerprint density at radius 2 is 1.78 bits per heavy atom. The van der Waals surface area contributed by atoms with Crippen molar-refractivity contribution >= 4 is 22.8 Å². The van der Waals surface area contributed by atoms with E-state index in [9.17, 15) is 9.59 Å². The van der Waals surface area contributed by atoms with Crippen LogP contribution in [0.5, 0.6) is 0 Å². The molecule has 0 aliphatic heterocycles. The molecule has 1 aliphatic rings. The summed E-state index contributed by atoms with van der Waals surface area (Å²) < 4.78 is 6.99. The van der Waals surface area contributed by atoms with Gasteiger partial charge in [-0.15, -0.1) is 0 Å². The van der Waals surface area contributed by atoms with E-state index in [0.717, 1.165) is 11.8 Å². The SMILES string of the molecule is CC1=CC=C(C(=O)c2cc3ccccc3n2C(=O)OC(C)(C)C)C(C)(C)C1. The number of fused-ring (bicyclic) bond motifs is 1. The number of ketones is 1. The van der Waals surface area contributed by atoms with E-state index in [1.165, 1.54) is 10.1 Å². The molecule has 0 spiro atoms. The second kappa shape index (κ2) is 6.52. The van der Waals surface area contributed by atoms with Gasteiger partial charge < -0.3 is 4.74 Å². The zero-order chi connectivity index (χ0) is 20.0. The highest BCUT2D eigenvalue weighted by Crippen LogP contribution is 2.39. The lowest BCUT2D eigenvalue weighted by Gasteiger charge is -2.30. The molecule has 0 atom stereocenters. The second-order valence-corrected chi connectivity index (χ2v) is 8.89. The molecule has 1 aromatic carbocycles. The maximum atomic E-state index is 13.5. The Bertz CT molecular complexity index is 981. The Labute approximate surface area is 160 Å². The molecule has 1 aromatic heterocycles. The number of nitrogens with zero attached hydrogens (tertiary/aromatic N) is 1. The van der Waals surface area contributed by atoms with E-state index >= 15 is 0 Å². The van der Waals surface area contributed by atoms with Crippen LogP contribution in [-0.4, -0.2) is 22.0 Å². The topological polar surface area (TPSA) is 48.3 Å². The van der Waals surface area contributed by atoms with Crippen LogP contribution in [0.25, 0.3) is 10.9 Å². The molecule has 0 amide bonds. The van der Waals surface area contributed by atoms with Crippen LogP contribution < -0.4 is 0 Å². The van der Waals surface area contributed by atoms with E-state index in [2.05, 4.69) is 20.8 Å². The minimum absolute atomic E-state index is 0.134. The molecule has 1 heterocycles. The van der Waals surface area contributed by atoms with E-state index < -0.39 is 11.7 Å². The lowest BCUT2D eigenvalue weighted by atomic mass is 9.73. The molecule has 0 saturated carbocycles. The van der Waals surface area contributed by atoms with Crippen LogP contribution in [0.1, 0.15) is 58.5 Å². The number of hydrogen-bond donors (Lipinski definition) is 0. The summed E-state index contributed by atoms with van der Waals surface area (Å²) in [6.07, 6.45) is 4.15. The number of aromatic nitrogens is 1. The number of rotatable bonds is 2.